The van der Waals surface area contributed by atoms with E-state index in [1.807, 2.05) is 12.1 Å². The molecular formula is C24H22F3N3O. The van der Waals surface area contributed by atoms with Crippen molar-refractivity contribution in [1.82, 2.24) is 4.98 Å². The van der Waals surface area contributed by atoms with Crippen molar-refractivity contribution in [3.05, 3.63) is 83.0 Å². The van der Waals surface area contributed by atoms with Crippen molar-refractivity contribution in [3.8, 4) is 0 Å². The molecule has 1 aliphatic heterocycles. The number of anilines is 3. The Morgan fingerprint density at radius 2 is 1.65 bits per heavy atom. The molecule has 4 nitrogen and oxygen atoms in total. The van der Waals surface area contributed by atoms with Crippen molar-refractivity contribution in [1.29, 1.82) is 0 Å². The minimum Gasteiger partial charge on any atom is -0.338 e. The van der Waals surface area contributed by atoms with E-state index in [0.717, 1.165) is 11.6 Å². The second kappa shape index (κ2) is 7.41. The largest absolute Gasteiger partial charge is 0.433 e. The molecule has 1 aliphatic rings. The molecule has 1 aromatic heterocycles. The van der Waals surface area contributed by atoms with Gasteiger partial charge in [-0.2, -0.15) is 13.2 Å². The average molecular weight is 425 g/mol. The number of carbonyl (C=O) groups excluding carboxylic acids is 1. The van der Waals surface area contributed by atoms with Gasteiger partial charge in [0.2, 0.25) is 0 Å². The summed E-state index contributed by atoms with van der Waals surface area (Å²) in [5.74, 6) is -0.136. The maximum Gasteiger partial charge on any atom is 0.433 e. The molecule has 0 aliphatic carbocycles. The van der Waals surface area contributed by atoms with Crippen LogP contribution >= 0.6 is 0 Å². The minimum atomic E-state index is -4.55. The maximum absolute atomic E-state index is 13.4. The Bertz CT molecular complexity index is 1130. The van der Waals surface area contributed by atoms with Gasteiger partial charge in [0.15, 0.2) is 0 Å². The molecule has 3 aromatic rings. The number of hydrogen-bond acceptors (Lipinski definition) is 3. The maximum atomic E-state index is 13.4. The molecule has 1 amide bonds. The molecule has 0 bridgehead atoms. The van der Waals surface area contributed by atoms with Crippen LogP contribution in [0.3, 0.4) is 0 Å². The van der Waals surface area contributed by atoms with Crippen LogP contribution in [-0.2, 0) is 18.1 Å². The number of pyridine rings is 1. The Labute approximate surface area is 178 Å². The molecule has 0 fully saturated rings. The van der Waals surface area contributed by atoms with E-state index in [-0.39, 0.29) is 23.7 Å². The lowest BCUT2D eigenvalue weighted by atomic mass is 9.86. The van der Waals surface area contributed by atoms with E-state index in [9.17, 15) is 18.0 Å². The fourth-order valence-corrected chi connectivity index (χ4v) is 3.53. The van der Waals surface area contributed by atoms with E-state index in [0.29, 0.717) is 22.5 Å². The first-order valence-electron chi connectivity index (χ1n) is 9.89. The van der Waals surface area contributed by atoms with Crippen molar-refractivity contribution in [2.24, 2.45) is 0 Å². The first kappa shape index (κ1) is 20.9. The lowest BCUT2D eigenvalue weighted by Gasteiger charge is -2.24. The summed E-state index contributed by atoms with van der Waals surface area (Å²) in [6.45, 7) is 6.39. The van der Waals surface area contributed by atoms with E-state index >= 15 is 0 Å². The summed E-state index contributed by atoms with van der Waals surface area (Å²) in [7, 11) is 0. The molecule has 7 heteroatoms. The molecule has 1 N–H and O–H groups in total. The van der Waals surface area contributed by atoms with Gasteiger partial charge in [0, 0.05) is 11.1 Å². The van der Waals surface area contributed by atoms with Crippen LogP contribution < -0.4 is 10.2 Å². The lowest BCUT2D eigenvalue weighted by molar-refractivity contribution is -0.141. The number of fused-ring (bicyclic) bond motifs is 2. The molecule has 0 spiro atoms. The summed E-state index contributed by atoms with van der Waals surface area (Å²) in [5.41, 5.74) is 2.20. The van der Waals surface area contributed by atoms with Crippen LogP contribution in [0.5, 0.6) is 0 Å². The van der Waals surface area contributed by atoms with Crippen LogP contribution in [0.15, 0.2) is 60.7 Å². The number of carbonyl (C=O) groups is 1. The molecule has 4 rings (SSSR count). The normalized spacial score (nSPS) is 13.7. The van der Waals surface area contributed by atoms with Gasteiger partial charge in [-0.1, -0.05) is 51.1 Å². The van der Waals surface area contributed by atoms with Crippen LogP contribution in [0.1, 0.15) is 48.0 Å². The Morgan fingerprint density at radius 3 is 2.29 bits per heavy atom. The van der Waals surface area contributed by atoms with E-state index in [4.69, 9.17) is 0 Å². The van der Waals surface area contributed by atoms with Crippen molar-refractivity contribution >= 4 is 23.1 Å². The highest BCUT2D eigenvalue weighted by Crippen LogP contribution is 2.37. The number of aromatic nitrogens is 1. The second-order valence-electron chi connectivity index (χ2n) is 8.56. The van der Waals surface area contributed by atoms with Crippen molar-refractivity contribution in [2.45, 2.75) is 38.9 Å². The van der Waals surface area contributed by atoms with Gasteiger partial charge in [-0.15, -0.1) is 0 Å². The zero-order valence-corrected chi connectivity index (χ0v) is 17.4. The van der Waals surface area contributed by atoms with Gasteiger partial charge in [0.25, 0.3) is 5.91 Å². The van der Waals surface area contributed by atoms with E-state index < -0.39 is 11.9 Å². The predicted molar refractivity (Wildman–Crippen MR) is 115 cm³/mol. The number of nitrogens with one attached hydrogen (secondary N) is 1. The number of alkyl halides is 3. The highest BCUT2D eigenvalue weighted by Gasteiger charge is 2.34. The SMILES string of the molecule is CC(C)(C)c1ccc(C(=O)N2Cc3ccc(C(F)(F)F)nc3Nc3ccccc32)cc1. The zero-order valence-electron chi connectivity index (χ0n) is 17.4. The fraction of sp³-hybridized carbons (Fsp3) is 0.250. The molecule has 2 heterocycles. The Balaban J connectivity index is 1.75. The third-order valence-corrected chi connectivity index (χ3v) is 5.29. The van der Waals surface area contributed by atoms with Gasteiger partial charge in [0.05, 0.1) is 17.9 Å². The Kier molecular flexibility index (Phi) is 5.00. The number of nitrogens with zero attached hydrogens (tertiary/aromatic N) is 2. The molecule has 31 heavy (non-hydrogen) atoms. The molecular weight excluding hydrogens is 403 g/mol. The second-order valence-corrected chi connectivity index (χ2v) is 8.56. The topological polar surface area (TPSA) is 45.2 Å². The van der Waals surface area contributed by atoms with Crippen molar-refractivity contribution in [3.63, 3.8) is 0 Å². The summed E-state index contributed by atoms with van der Waals surface area (Å²) < 4.78 is 39.4. The van der Waals surface area contributed by atoms with Gasteiger partial charge in [-0.05, 0) is 41.3 Å². The smallest absolute Gasteiger partial charge is 0.338 e. The summed E-state index contributed by atoms with van der Waals surface area (Å²) in [4.78, 5) is 18.7. The summed E-state index contributed by atoms with van der Waals surface area (Å²) in [6, 6.07) is 16.8. The Hall–Kier alpha value is -3.35. The number of amides is 1. The average Bonchev–Trinajstić information content (AvgIpc) is 2.88. The number of benzene rings is 2. The highest BCUT2D eigenvalue weighted by molar-refractivity contribution is 6.08. The van der Waals surface area contributed by atoms with Crippen LogP contribution in [0.2, 0.25) is 0 Å². The minimum absolute atomic E-state index is 0.0402. The van der Waals surface area contributed by atoms with Gasteiger partial charge in [0.1, 0.15) is 11.5 Å². The molecule has 160 valence electrons. The third-order valence-electron chi connectivity index (χ3n) is 5.29. The quantitative estimate of drug-likeness (QED) is 0.498. The van der Waals surface area contributed by atoms with Crippen LogP contribution in [0.25, 0.3) is 0 Å². The number of halogens is 3. The number of rotatable bonds is 1. The standard InChI is InChI=1S/C24H22F3N3O/c1-23(2,3)17-11-8-15(9-12-17)22(31)30-14-16-10-13-20(24(25,26)27)29-21(16)28-18-6-4-5-7-19(18)30/h4-13H,14H2,1-3H3,(H,28,29). The predicted octanol–water partition coefficient (Wildman–Crippen LogP) is 6.30. The molecule has 0 atom stereocenters. The summed E-state index contributed by atoms with van der Waals surface area (Å²) in [6.07, 6.45) is -4.55. The van der Waals surface area contributed by atoms with Gasteiger partial charge < -0.3 is 10.2 Å². The lowest BCUT2D eigenvalue weighted by Crippen LogP contribution is -2.30. The Morgan fingerprint density at radius 1 is 0.968 bits per heavy atom. The highest BCUT2D eigenvalue weighted by atomic mass is 19.4. The number of para-hydroxylation sites is 2. The van der Waals surface area contributed by atoms with E-state index in [1.54, 1.807) is 41.3 Å². The van der Waals surface area contributed by atoms with E-state index in [2.05, 4.69) is 31.1 Å². The summed E-state index contributed by atoms with van der Waals surface area (Å²) in [5, 5.41) is 2.98. The van der Waals surface area contributed by atoms with Crippen molar-refractivity contribution in [2.75, 3.05) is 10.2 Å². The van der Waals surface area contributed by atoms with Crippen molar-refractivity contribution < 1.29 is 18.0 Å². The molecule has 2 aromatic carbocycles. The fourth-order valence-electron chi connectivity index (χ4n) is 3.53. The number of hydrogen-bond donors (Lipinski definition) is 1. The van der Waals surface area contributed by atoms with Gasteiger partial charge >= 0.3 is 6.18 Å². The summed E-state index contributed by atoms with van der Waals surface area (Å²) >= 11 is 0. The molecule has 0 saturated carbocycles. The van der Waals surface area contributed by atoms with Crippen LogP contribution in [0.4, 0.5) is 30.4 Å². The molecule has 0 saturated heterocycles. The van der Waals surface area contributed by atoms with E-state index in [1.165, 1.54) is 6.07 Å². The third kappa shape index (κ3) is 4.13. The molecule has 0 unspecified atom stereocenters. The van der Waals surface area contributed by atoms with Gasteiger partial charge in [-0.3, -0.25) is 4.79 Å². The first-order chi connectivity index (χ1) is 14.5. The van der Waals surface area contributed by atoms with Crippen LogP contribution in [0, 0.1) is 0 Å². The monoisotopic (exact) mass is 425 g/mol. The molecule has 0 radical (unpaired) electrons. The van der Waals surface area contributed by atoms with Crippen LogP contribution in [-0.4, -0.2) is 10.9 Å². The van der Waals surface area contributed by atoms with Gasteiger partial charge in [-0.25, -0.2) is 4.98 Å². The zero-order chi connectivity index (χ0) is 22.4. The first-order valence-corrected chi connectivity index (χ1v) is 9.89.